The standard InChI is InChI=1S/C27H36N4O4/c1-5-29(6-2)26(32)28-20-13-12-19(25(16-20)34-4)18-30-23-15-14-22(35-7-3)17-24(23)31(27(30)33)21-10-8-9-11-21/h12-17,21H,5-11,18H2,1-4H3,(H,28,32). The number of nitrogens with one attached hydrogen (secondary N) is 1. The van der Waals surface area contributed by atoms with Crippen molar-refractivity contribution in [2.24, 2.45) is 0 Å². The molecule has 1 saturated carbocycles. The lowest BCUT2D eigenvalue weighted by Crippen LogP contribution is -2.34. The molecule has 0 saturated heterocycles. The highest BCUT2D eigenvalue weighted by Crippen LogP contribution is 2.33. The van der Waals surface area contributed by atoms with Gasteiger partial charge in [0.2, 0.25) is 0 Å². The minimum absolute atomic E-state index is 0.0125. The van der Waals surface area contributed by atoms with Gasteiger partial charge in [0.15, 0.2) is 0 Å². The molecule has 8 nitrogen and oxygen atoms in total. The SMILES string of the molecule is CCOc1ccc2c(c1)n(C1CCCC1)c(=O)n2Cc1ccc(NC(=O)N(CC)CC)cc1OC. The first-order valence-electron chi connectivity index (χ1n) is 12.6. The first-order valence-corrected chi connectivity index (χ1v) is 12.6. The van der Waals surface area contributed by atoms with Crippen LogP contribution in [-0.4, -0.2) is 46.9 Å². The minimum Gasteiger partial charge on any atom is -0.496 e. The summed E-state index contributed by atoms with van der Waals surface area (Å²) in [6.45, 7) is 8.07. The molecule has 0 bridgehead atoms. The van der Waals surface area contributed by atoms with Crippen molar-refractivity contribution in [3.63, 3.8) is 0 Å². The summed E-state index contributed by atoms with van der Waals surface area (Å²) in [5, 5.41) is 2.93. The average molecular weight is 481 g/mol. The van der Waals surface area contributed by atoms with Gasteiger partial charge in [0, 0.05) is 42.5 Å². The smallest absolute Gasteiger partial charge is 0.329 e. The Morgan fingerprint density at radius 1 is 1.06 bits per heavy atom. The second-order valence-corrected chi connectivity index (χ2v) is 8.89. The highest BCUT2D eigenvalue weighted by Gasteiger charge is 2.24. The molecule has 1 aliphatic rings. The summed E-state index contributed by atoms with van der Waals surface area (Å²) >= 11 is 0. The van der Waals surface area contributed by atoms with Crippen LogP contribution < -0.4 is 20.5 Å². The van der Waals surface area contributed by atoms with Crippen LogP contribution in [0.2, 0.25) is 0 Å². The van der Waals surface area contributed by atoms with Crippen LogP contribution in [0.15, 0.2) is 41.2 Å². The molecule has 0 spiro atoms. The number of ether oxygens (including phenoxy) is 2. The predicted octanol–water partition coefficient (Wildman–Crippen LogP) is 5.25. The fourth-order valence-electron chi connectivity index (χ4n) is 5.02. The Balaban J connectivity index is 1.70. The Morgan fingerprint density at radius 3 is 2.46 bits per heavy atom. The maximum Gasteiger partial charge on any atom is 0.329 e. The zero-order valence-electron chi connectivity index (χ0n) is 21.2. The van der Waals surface area contributed by atoms with Gasteiger partial charge in [-0.2, -0.15) is 0 Å². The van der Waals surface area contributed by atoms with E-state index in [9.17, 15) is 9.59 Å². The summed E-state index contributed by atoms with van der Waals surface area (Å²) < 4.78 is 15.2. The number of anilines is 1. The molecular weight excluding hydrogens is 444 g/mol. The summed E-state index contributed by atoms with van der Waals surface area (Å²) in [6.07, 6.45) is 4.32. The van der Waals surface area contributed by atoms with Crippen molar-refractivity contribution in [3.8, 4) is 11.5 Å². The molecule has 35 heavy (non-hydrogen) atoms. The van der Waals surface area contributed by atoms with Crippen LogP contribution in [-0.2, 0) is 6.54 Å². The molecule has 0 atom stereocenters. The molecular formula is C27H36N4O4. The molecule has 2 aromatic carbocycles. The third-order valence-electron chi connectivity index (χ3n) is 6.85. The number of carbonyl (C=O) groups is 1. The number of aromatic nitrogens is 2. The van der Waals surface area contributed by atoms with Gasteiger partial charge in [-0.15, -0.1) is 0 Å². The number of hydrogen-bond donors (Lipinski definition) is 1. The molecule has 3 aromatic rings. The Kier molecular flexibility index (Phi) is 7.68. The molecule has 4 rings (SSSR count). The van der Waals surface area contributed by atoms with Crippen LogP contribution >= 0.6 is 0 Å². The average Bonchev–Trinajstić information content (AvgIpc) is 3.47. The Hall–Kier alpha value is -3.42. The summed E-state index contributed by atoms with van der Waals surface area (Å²) in [7, 11) is 1.60. The van der Waals surface area contributed by atoms with E-state index in [0.717, 1.165) is 48.0 Å². The molecule has 1 aromatic heterocycles. The normalized spacial score (nSPS) is 13.8. The maximum atomic E-state index is 13.7. The zero-order chi connectivity index (χ0) is 24.9. The van der Waals surface area contributed by atoms with Crippen LogP contribution in [0.1, 0.15) is 58.1 Å². The van der Waals surface area contributed by atoms with Gasteiger partial charge in [0.1, 0.15) is 11.5 Å². The fourth-order valence-corrected chi connectivity index (χ4v) is 5.02. The van der Waals surface area contributed by atoms with Crippen molar-refractivity contribution in [2.75, 3.05) is 32.1 Å². The monoisotopic (exact) mass is 480 g/mol. The molecule has 1 fully saturated rings. The summed E-state index contributed by atoms with van der Waals surface area (Å²) in [6, 6.07) is 11.5. The number of nitrogens with zero attached hydrogens (tertiary/aromatic N) is 3. The van der Waals surface area contributed by atoms with Crippen LogP contribution in [0.3, 0.4) is 0 Å². The topological polar surface area (TPSA) is 77.7 Å². The van der Waals surface area contributed by atoms with Gasteiger partial charge in [0.25, 0.3) is 0 Å². The second kappa shape index (κ2) is 10.9. The molecule has 0 aliphatic heterocycles. The highest BCUT2D eigenvalue weighted by atomic mass is 16.5. The molecule has 0 radical (unpaired) electrons. The van der Waals surface area contributed by atoms with Crippen molar-refractivity contribution in [1.82, 2.24) is 14.0 Å². The Morgan fingerprint density at radius 2 is 1.80 bits per heavy atom. The minimum atomic E-state index is -0.147. The van der Waals surface area contributed by atoms with Crippen molar-refractivity contribution in [2.45, 2.75) is 59.0 Å². The lowest BCUT2D eigenvalue weighted by molar-refractivity contribution is 0.217. The van der Waals surface area contributed by atoms with E-state index in [1.807, 2.05) is 66.3 Å². The van der Waals surface area contributed by atoms with Gasteiger partial charge in [-0.1, -0.05) is 18.9 Å². The Labute approximate surface area is 206 Å². The first kappa shape index (κ1) is 24.7. The number of carbonyl (C=O) groups excluding carboxylic acids is 1. The van der Waals surface area contributed by atoms with Crippen LogP contribution in [0.25, 0.3) is 11.0 Å². The molecule has 0 unspecified atom stereocenters. The van der Waals surface area contributed by atoms with Gasteiger partial charge in [-0.25, -0.2) is 9.59 Å². The van der Waals surface area contributed by atoms with Gasteiger partial charge < -0.3 is 19.7 Å². The van der Waals surface area contributed by atoms with Crippen molar-refractivity contribution < 1.29 is 14.3 Å². The van der Waals surface area contributed by atoms with Crippen molar-refractivity contribution >= 4 is 22.8 Å². The molecule has 1 aliphatic carbocycles. The van der Waals surface area contributed by atoms with E-state index in [4.69, 9.17) is 9.47 Å². The highest BCUT2D eigenvalue weighted by molar-refractivity contribution is 5.89. The number of amides is 2. The lowest BCUT2D eigenvalue weighted by Gasteiger charge is -2.20. The van der Waals surface area contributed by atoms with Crippen LogP contribution in [0, 0.1) is 0 Å². The van der Waals surface area contributed by atoms with Crippen LogP contribution in [0.5, 0.6) is 11.5 Å². The number of methoxy groups -OCH3 is 1. The molecule has 8 heteroatoms. The van der Waals surface area contributed by atoms with Crippen LogP contribution in [0.4, 0.5) is 10.5 Å². The maximum absolute atomic E-state index is 13.7. The van der Waals surface area contributed by atoms with Gasteiger partial charge in [0.05, 0.1) is 31.3 Å². The van der Waals surface area contributed by atoms with E-state index < -0.39 is 0 Å². The number of urea groups is 1. The first-order chi connectivity index (χ1) is 17.0. The summed E-state index contributed by atoms with van der Waals surface area (Å²) in [5.41, 5.74) is 3.31. The third-order valence-corrected chi connectivity index (χ3v) is 6.85. The summed E-state index contributed by atoms with van der Waals surface area (Å²) in [5.74, 6) is 1.40. The Bertz CT molecular complexity index is 1240. The van der Waals surface area contributed by atoms with E-state index in [0.29, 0.717) is 37.7 Å². The van der Waals surface area contributed by atoms with Crippen molar-refractivity contribution in [1.29, 1.82) is 0 Å². The van der Waals surface area contributed by atoms with E-state index in [-0.39, 0.29) is 17.8 Å². The lowest BCUT2D eigenvalue weighted by atomic mass is 10.1. The number of benzene rings is 2. The van der Waals surface area contributed by atoms with E-state index >= 15 is 0 Å². The zero-order valence-corrected chi connectivity index (χ0v) is 21.2. The van der Waals surface area contributed by atoms with E-state index in [2.05, 4.69) is 5.32 Å². The second-order valence-electron chi connectivity index (χ2n) is 8.89. The van der Waals surface area contributed by atoms with Gasteiger partial charge >= 0.3 is 11.7 Å². The van der Waals surface area contributed by atoms with Gasteiger partial charge in [-0.3, -0.25) is 9.13 Å². The fraction of sp³-hybridized carbons (Fsp3) is 0.481. The predicted molar refractivity (Wildman–Crippen MR) is 139 cm³/mol. The molecule has 1 heterocycles. The molecule has 2 amide bonds. The third kappa shape index (κ3) is 5.01. The number of imidazole rings is 1. The van der Waals surface area contributed by atoms with E-state index in [1.54, 1.807) is 12.0 Å². The number of hydrogen-bond acceptors (Lipinski definition) is 4. The quantitative estimate of drug-likeness (QED) is 0.454. The largest absolute Gasteiger partial charge is 0.496 e. The number of fused-ring (bicyclic) bond motifs is 1. The van der Waals surface area contributed by atoms with Crippen molar-refractivity contribution in [3.05, 3.63) is 52.4 Å². The van der Waals surface area contributed by atoms with Gasteiger partial charge in [-0.05, 0) is 51.8 Å². The molecule has 1 N–H and O–H groups in total. The summed E-state index contributed by atoms with van der Waals surface area (Å²) in [4.78, 5) is 27.9. The van der Waals surface area contributed by atoms with E-state index in [1.165, 1.54) is 0 Å². The number of rotatable bonds is 9. The molecule has 188 valence electrons.